The smallest absolute Gasteiger partial charge is 0.252 e. The predicted molar refractivity (Wildman–Crippen MR) is 117 cm³/mol. The Morgan fingerprint density at radius 3 is 2.57 bits per heavy atom. The van der Waals surface area contributed by atoms with Gasteiger partial charge >= 0.3 is 0 Å². The van der Waals surface area contributed by atoms with E-state index in [1.165, 1.54) is 0 Å². The maximum absolute atomic E-state index is 13.6. The van der Waals surface area contributed by atoms with E-state index < -0.39 is 5.54 Å². The fourth-order valence-corrected chi connectivity index (χ4v) is 4.44. The Labute approximate surface area is 178 Å². The van der Waals surface area contributed by atoms with Crippen molar-refractivity contribution in [3.63, 3.8) is 0 Å². The van der Waals surface area contributed by atoms with Crippen molar-refractivity contribution in [2.24, 2.45) is 5.92 Å². The first-order chi connectivity index (χ1) is 14.4. The van der Waals surface area contributed by atoms with E-state index in [4.69, 9.17) is 0 Å². The molecule has 1 spiro atoms. The molecule has 0 radical (unpaired) electrons. The van der Waals surface area contributed by atoms with Crippen molar-refractivity contribution in [3.05, 3.63) is 42.7 Å². The molecule has 1 fully saturated rings. The minimum absolute atomic E-state index is 0.0499. The summed E-state index contributed by atoms with van der Waals surface area (Å²) in [5, 5.41) is 7.74. The number of fused-ring (bicyclic) bond motifs is 1. The molecule has 2 aliphatic heterocycles. The quantitative estimate of drug-likeness (QED) is 0.823. The molecule has 3 heterocycles. The molecule has 0 aliphatic carbocycles. The Morgan fingerprint density at radius 1 is 1.17 bits per heavy atom. The topological polar surface area (TPSA) is 70.5 Å². The van der Waals surface area contributed by atoms with Crippen LogP contribution in [-0.2, 0) is 9.59 Å². The predicted octanol–water partition coefficient (Wildman–Crippen LogP) is 3.31. The zero-order valence-electron chi connectivity index (χ0n) is 18.0. The van der Waals surface area contributed by atoms with Gasteiger partial charge in [-0.2, -0.15) is 5.10 Å². The Morgan fingerprint density at radius 2 is 1.90 bits per heavy atom. The summed E-state index contributed by atoms with van der Waals surface area (Å²) >= 11 is 0. The van der Waals surface area contributed by atoms with Crippen LogP contribution in [0.1, 0.15) is 46.1 Å². The summed E-state index contributed by atoms with van der Waals surface area (Å²) in [5.74, 6) is 0.710. The number of anilines is 2. The van der Waals surface area contributed by atoms with Crippen molar-refractivity contribution in [1.82, 2.24) is 14.7 Å². The van der Waals surface area contributed by atoms with Crippen LogP contribution in [0.2, 0.25) is 0 Å². The van der Waals surface area contributed by atoms with Crippen molar-refractivity contribution in [2.45, 2.75) is 51.6 Å². The molecule has 1 aromatic heterocycles. The minimum atomic E-state index is -0.642. The molecule has 2 amide bonds. The number of hydrogen-bond acceptors (Lipinski definition) is 4. The van der Waals surface area contributed by atoms with Crippen LogP contribution in [0.25, 0.3) is 0 Å². The van der Waals surface area contributed by atoms with Crippen LogP contribution in [0.3, 0.4) is 0 Å². The molecule has 7 nitrogen and oxygen atoms in total. The van der Waals surface area contributed by atoms with Gasteiger partial charge in [-0.25, -0.2) is 0 Å². The summed E-state index contributed by atoms with van der Waals surface area (Å²) in [4.78, 5) is 30.4. The first kappa shape index (κ1) is 20.4. The van der Waals surface area contributed by atoms with Crippen molar-refractivity contribution in [1.29, 1.82) is 0 Å². The SMILES string of the molecule is CC(C)CCN1C(=O)C2(CCN(C(=O)C(C)n3cccn3)CC2)Nc2ccccc21. The highest BCUT2D eigenvalue weighted by molar-refractivity contribution is 6.08. The average Bonchev–Trinajstić information content (AvgIpc) is 3.28. The molecule has 1 saturated heterocycles. The lowest BCUT2D eigenvalue weighted by molar-refractivity contribution is -0.138. The molecule has 2 aliphatic rings. The Hall–Kier alpha value is -2.83. The molecule has 1 N–H and O–H groups in total. The van der Waals surface area contributed by atoms with E-state index in [0.717, 1.165) is 24.3 Å². The standard InChI is InChI=1S/C23H31N5O2/c1-17(2)9-14-27-20-8-5-4-7-19(20)25-23(22(27)30)10-15-26(16-11-23)21(29)18(3)28-13-6-12-24-28/h4-8,12-13,17-18,25H,9-11,14-16H2,1-3H3. The molecule has 0 saturated carbocycles. The molecule has 160 valence electrons. The van der Waals surface area contributed by atoms with Crippen molar-refractivity contribution in [3.8, 4) is 0 Å². The van der Waals surface area contributed by atoms with Gasteiger partial charge in [-0.15, -0.1) is 0 Å². The van der Waals surface area contributed by atoms with Crippen LogP contribution in [0.4, 0.5) is 11.4 Å². The van der Waals surface area contributed by atoms with Gasteiger partial charge in [-0.05, 0) is 50.3 Å². The lowest BCUT2D eigenvalue weighted by Crippen LogP contribution is -2.62. The fourth-order valence-electron chi connectivity index (χ4n) is 4.44. The summed E-state index contributed by atoms with van der Waals surface area (Å²) in [5.41, 5.74) is 1.32. The van der Waals surface area contributed by atoms with Gasteiger partial charge in [0.1, 0.15) is 11.6 Å². The summed E-state index contributed by atoms with van der Waals surface area (Å²) < 4.78 is 1.68. The maximum atomic E-state index is 13.6. The summed E-state index contributed by atoms with van der Waals surface area (Å²) in [6.45, 7) is 8.06. The second-order valence-electron chi connectivity index (χ2n) is 8.85. The van der Waals surface area contributed by atoms with E-state index in [1.54, 1.807) is 10.9 Å². The highest BCUT2D eigenvalue weighted by Crippen LogP contribution is 2.40. The number of amides is 2. The normalized spacial score (nSPS) is 19.0. The zero-order chi connectivity index (χ0) is 21.3. The van der Waals surface area contributed by atoms with Crippen LogP contribution in [-0.4, -0.2) is 51.7 Å². The van der Waals surface area contributed by atoms with Gasteiger partial charge in [0.2, 0.25) is 5.91 Å². The molecule has 1 aromatic carbocycles. The van der Waals surface area contributed by atoms with Crippen molar-refractivity contribution in [2.75, 3.05) is 29.9 Å². The van der Waals surface area contributed by atoms with E-state index in [1.807, 2.05) is 53.3 Å². The third-order valence-electron chi connectivity index (χ3n) is 6.36. The van der Waals surface area contributed by atoms with E-state index >= 15 is 0 Å². The highest BCUT2D eigenvalue weighted by atomic mass is 16.2. The largest absolute Gasteiger partial charge is 0.369 e. The van der Waals surface area contributed by atoms with Gasteiger partial charge in [0.05, 0.1) is 11.4 Å². The van der Waals surface area contributed by atoms with Gasteiger partial charge in [0.25, 0.3) is 5.91 Å². The van der Waals surface area contributed by atoms with E-state index in [-0.39, 0.29) is 17.9 Å². The van der Waals surface area contributed by atoms with Gasteiger partial charge in [0, 0.05) is 32.0 Å². The van der Waals surface area contributed by atoms with Crippen LogP contribution in [0, 0.1) is 5.92 Å². The van der Waals surface area contributed by atoms with Gasteiger partial charge in [-0.3, -0.25) is 14.3 Å². The van der Waals surface area contributed by atoms with Crippen molar-refractivity contribution >= 4 is 23.2 Å². The fraction of sp³-hybridized carbons (Fsp3) is 0.522. The number of likely N-dealkylation sites (tertiary alicyclic amines) is 1. The minimum Gasteiger partial charge on any atom is -0.369 e. The third kappa shape index (κ3) is 3.68. The van der Waals surface area contributed by atoms with E-state index in [2.05, 4.69) is 24.3 Å². The van der Waals surface area contributed by atoms with Crippen LogP contribution < -0.4 is 10.2 Å². The van der Waals surface area contributed by atoms with E-state index in [9.17, 15) is 9.59 Å². The van der Waals surface area contributed by atoms with Gasteiger partial charge in [-0.1, -0.05) is 26.0 Å². The lowest BCUT2D eigenvalue weighted by Gasteiger charge is -2.48. The van der Waals surface area contributed by atoms with E-state index in [0.29, 0.717) is 31.8 Å². The average molecular weight is 410 g/mol. The molecule has 7 heteroatoms. The van der Waals surface area contributed by atoms with Crippen molar-refractivity contribution < 1.29 is 9.59 Å². The number of nitrogens with one attached hydrogen (secondary N) is 1. The maximum Gasteiger partial charge on any atom is 0.252 e. The highest BCUT2D eigenvalue weighted by Gasteiger charge is 2.48. The second-order valence-corrected chi connectivity index (χ2v) is 8.85. The Balaban J connectivity index is 1.51. The molecular formula is C23H31N5O2. The van der Waals surface area contributed by atoms with Crippen LogP contribution in [0.5, 0.6) is 0 Å². The first-order valence-corrected chi connectivity index (χ1v) is 10.9. The molecule has 1 unspecified atom stereocenters. The summed E-state index contributed by atoms with van der Waals surface area (Å²) in [6, 6.07) is 9.52. The monoisotopic (exact) mass is 409 g/mol. The number of aromatic nitrogens is 2. The molecule has 4 rings (SSSR count). The number of carbonyl (C=O) groups excluding carboxylic acids is 2. The summed E-state index contributed by atoms with van der Waals surface area (Å²) in [6.07, 6.45) is 5.67. The number of hydrogen-bond donors (Lipinski definition) is 1. The van der Waals surface area contributed by atoms with Crippen LogP contribution in [0.15, 0.2) is 42.7 Å². The van der Waals surface area contributed by atoms with Gasteiger partial charge in [0.15, 0.2) is 0 Å². The van der Waals surface area contributed by atoms with Crippen LogP contribution >= 0.6 is 0 Å². The molecule has 2 aromatic rings. The first-order valence-electron chi connectivity index (χ1n) is 10.9. The lowest BCUT2D eigenvalue weighted by atomic mass is 9.83. The zero-order valence-corrected chi connectivity index (χ0v) is 18.0. The summed E-state index contributed by atoms with van der Waals surface area (Å²) in [7, 11) is 0. The molecule has 0 bridgehead atoms. The number of benzene rings is 1. The number of nitrogens with zero attached hydrogens (tertiary/aromatic N) is 4. The number of carbonyl (C=O) groups is 2. The molecule has 1 atom stereocenters. The number of rotatable bonds is 5. The Kier molecular flexibility index (Phi) is 5.54. The number of para-hydroxylation sites is 2. The van der Waals surface area contributed by atoms with Gasteiger partial charge < -0.3 is 15.1 Å². The number of piperidine rings is 1. The molecular weight excluding hydrogens is 378 g/mol. The Bertz CT molecular complexity index is 900. The molecule has 30 heavy (non-hydrogen) atoms. The third-order valence-corrected chi connectivity index (χ3v) is 6.36. The second kappa shape index (κ2) is 8.13.